The van der Waals surface area contributed by atoms with E-state index < -0.39 is 0 Å². The molecule has 0 nitrogen and oxygen atoms in total. The highest BCUT2D eigenvalue weighted by Crippen LogP contribution is 2.18. The van der Waals surface area contributed by atoms with Gasteiger partial charge in [0.25, 0.3) is 0 Å². The minimum absolute atomic E-state index is 1.22. The van der Waals surface area contributed by atoms with E-state index in [0.717, 1.165) is 0 Å². The standard InChI is InChI=1S/C16H25/c1-5-6-7-8-9-10-16-11-13(2)15(4)14(3)12-16/h10-12H,5-9H2,1-4H3. The summed E-state index contributed by atoms with van der Waals surface area (Å²) >= 11 is 0. The minimum atomic E-state index is 1.22. The van der Waals surface area contributed by atoms with E-state index in [9.17, 15) is 0 Å². The minimum Gasteiger partial charge on any atom is -0.0654 e. The fraction of sp³-hybridized carbons (Fsp3) is 0.562. The zero-order valence-corrected chi connectivity index (χ0v) is 11.3. The van der Waals surface area contributed by atoms with Gasteiger partial charge in [0.1, 0.15) is 0 Å². The largest absolute Gasteiger partial charge is 0.0654 e. The van der Waals surface area contributed by atoms with Crippen molar-refractivity contribution in [3.8, 4) is 0 Å². The Labute approximate surface area is 101 Å². The van der Waals surface area contributed by atoms with Gasteiger partial charge in [0.05, 0.1) is 0 Å². The third kappa shape index (κ3) is 4.00. The molecule has 0 saturated heterocycles. The van der Waals surface area contributed by atoms with Crippen LogP contribution in [-0.2, 0) is 0 Å². The molecule has 0 amide bonds. The fourth-order valence-electron chi connectivity index (χ4n) is 2.03. The molecule has 0 heterocycles. The lowest BCUT2D eigenvalue weighted by Gasteiger charge is -2.08. The Morgan fingerprint density at radius 3 is 2.12 bits per heavy atom. The summed E-state index contributed by atoms with van der Waals surface area (Å²) in [5, 5.41) is 0. The molecule has 0 unspecified atom stereocenters. The number of hydrogen-bond acceptors (Lipinski definition) is 0. The molecule has 0 aliphatic carbocycles. The maximum Gasteiger partial charge on any atom is -0.00929 e. The third-order valence-electron chi connectivity index (χ3n) is 3.39. The Balaban J connectivity index is 2.43. The van der Waals surface area contributed by atoms with Gasteiger partial charge in [0, 0.05) is 0 Å². The van der Waals surface area contributed by atoms with Crippen LogP contribution in [0.15, 0.2) is 12.1 Å². The summed E-state index contributed by atoms with van der Waals surface area (Å²) < 4.78 is 0. The summed E-state index contributed by atoms with van der Waals surface area (Å²) in [5.41, 5.74) is 5.67. The molecular weight excluding hydrogens is 192 g/mol. The van der Waals surface area contributed by atoms with Crippen LogP contribution in [-0.4, -0.2) is 0 Å². The second-order valence-corrected chi connectivity index (χ2v) is 4.83. The van der Waals surface area contributed by atoms with E-state index in [1.165, 1.54) is 54.4 Å². The average Bonchev–Trinajstić information content (AvgIpc) is 2.25. The van der Waals surface area contributed by atoms with E-state index in [4.69, 9.17) is 0 Å². The van der Waals surface area contributed by atoms with E-state index in [1.807, 2.05) is 0 Å². The molecule has 0 fully saturated rings. The maximum absolute atomic E-state index is 2.38. The summed E-state index contributed by atoms with van der Waals surface area (Å²) in [6, 6.07) is 4.62. The molecular formula is C16H25. The van der Waals surface area contributed by atoms with Crippen LogP contribution in [0.3, 0.4) is 0 Å². The summed E-state index contributed by atoms with van der Waals surface area (Å²) in [4.78, 5) is 0. The summed E-state index contributed by atoms with van der Waals surface area (Å²) in [6.45, 7) is 8.87. The third-order valence-corrected chi connectivity index (χ3v) is 3.39. The van der Waals surface area contributed by atoms with E-state index in [0.29, 0.717) is 0 Å². The van der Waals surface area contributed by atoms with Gasteiger partial charge in [-0.2, -0.15) is 0 Å². The summed E-state index contributed by atoms with van der Waals surface area (Å²) in [5.74, 6) is 0. The Bertz CT molecular complexity index is 300. The average molecular weight is 217 g/mol. The first-order valence-electron chi connectivity index (χ1n) is 6.56. The summed E-state index contributed by atoms with van der Waals surface area (Å²) in [6.07, 6.45) is 9.01. The first kappa shape index (κ1) is 13.3. The molecule has 0 bridgehead atoms. The van der Waals surface area contributed by atoms with Crippen molar-refractivity contribution in [1.82, 2.24) is 0 Å². The van der Waals surface area contributed by atoms with Crippen molar-refractivity contribution in [3.05, 3.63) is 40.8 Å². The molecule has 0 heteroatoms. The Morgan fingerprint density at radius 1 is 0.938 bits per heavy atom. The van der Waals surface area contributed by atoms with Gasteiger partial charge in [-0.1, -0.05) is 44.7 Å². The first-order chi connectivity index (χ1) is 7.65. The van der Waals surface area contributed by atoms with Crippen LogP contribution < -0.4 is 0 Å². The molecule has 0 aromatic heterocycles. The quantitative estimate of drug-likeness (QED) is 0.579. The van der Waals surface area contributed by atoms with Crippen LogP contribution in [0.5, 0.6) is 0 Å². The van der Waals surface area contributed by atoms with Crippen LogP contribution in [0.2, 0.25) is 0 Å². The SMILES string of the molecule is CCCCCC[CH]c1cc(C)c(C)c(C)c1. The predicted octanol–water partition coefficient (Wildman–Crippen LogP) is 5.13. The molecule has 0 aliphatic heterocycles. The number of benzene rings is 1. The molecule has 1 aromatic carbocycles. The van der Waals surface area contributed by atoms with Crippen LogP contribution in [0.25, 0.3) is 0 Å². The van der Waals surface area contributed by atoms with Gasteiger partial charge in [0.15, 0.2) is 0 Å². The fourth-order valence-corrected chi connectivity index (χ4v) is 2.03. The van der Waals surface area contributed by atoms with Gasteiger partial charge in [-0.25, -0.2) is 0 Å². The molecule has 16 heavy (non-hydrogen) atoms. The van der Waals surface area contributed by atoms with Gasteiger partial charge in [-0.05, 0) is 55.9 Å². The lowest BCUT2D eigenvalue weighted by molar-refractivity contribution is 0.665. The van der Waals surface area contributed by atoms with Crippen molar-refractivity contribution in [2.75, 3.05) is 0 Å². The number of aryl methyl sites for hydroxylation is 2. The number of unbranched alkanes of at least 4 members (excludes halogenated alkanes) is 4. The molecule has 1 radical (unpaired) electrons. The summed E-state index contributed by atoms with van der Waals surface area (Å²) in [7, 11) is 0. The van der Waals surface area contributed by atoms with Crippen molar-refractivity contribution in [2.24, 2.45) is 0 Å². The molecule has 0 saturated carbocycles. The van der Waals surface area contributed by atoms with Crippen LogP contribution in [0, 0.1) is 27.2 Å². The Hall–Kier alpha value is -0.780. The maximum atomic E-state index is 2.38. The topological polar surface area (TPSA) is 0 Å². The first-order valence-corrected chi connectivity index (χ1v) is 6.56. The predicted molar refractivity (Wildman–Crippen MR) is 72.8 cm³/mol. The van der Waals surface area contributed by atoms with Crippen molar-refractivity contribution in [1.29, 1.82) is 0 Å². The van der Waals surface area contributed by atoms with E-state index in [2.05, 4.69) is 46.2 Å². The second kappa shape index (κ2) is 6.73. The van der Waals surface area contributed by atoms with Gasteiger partial charge >= 0.3 is 0 Å². The Kier molecular flexibility index (Phi) is 5.59. The van der Waals surface area contributed by atoms with Gasteiger partial charge in [-0.15, -0.1) is 0 Å². The normalized spacial score (nSPS) is 10.8. The van der Waals surface area contributed by atoms with Gasteiger partial charge < -0.3 is 0 Å². The number of hydrogen-bond donors (Lipinski definition) is 0. The van der Waals surface area contributed by atoms with Gasteiger partial charge in [-0.3, -0.25) is 0 Å². The van der Waals surface area contributed by atoms with E-state index >= 15 is 0 Å². The molecule has 0 aliphatic rings. The van der Waals surface area contributed by atoms with Crippen molar-refractivity contribution in [3.63, 3.8) is 0 Å². The van der Waals surface area contributed by atoms with Crippen molar-refractivity contribution < 1.29 is 0 Å². The molecule has 0 N–H and O–H groups in total. The lowest BCUT2D eigenvalue weighted by atomic mass is 9.97. The van der Waals surface area contributed by atoms with E-state index in [1.54, 1.807) is 0 Å². The number of rotatable bonds is 6. The zero-order valence-electron chi connectivity index (χ0n) is 11.3. The van der Waals surface area contributed by atoms with Crippen LogP contribution in [0.1, 0.15) is 61.3 Å². The Morgan fingerprint density at radius 2 is 1.56 bits per heavy atom. The second-order valence-electron chi connectivity index (χ2n) is 4.83. The highest BCUT2D eigenvalue weighted by atomic mass is 14.1. The highest BCUT2D eigenvalue weighted by molar-refractivity contribution is 5.39. The highest BCUT2D eigenvalue weighted by Gasteiger charge is 2.01. The van der Waals surface area contributed by atoms with Crippen LogP contribution >= 0.6 is 0 Å². The smallest absolute Gasteiger partial charge is 0.00929 e. The van der Waals surface area contributed by atoms with Gasteiger partial charge in [0.2, 0.25) is 0 Å². The lowest BCUT2D eigenvalue weighted by Crippen LogP contribution is -1.91. The molecule has 0 spiro atoms. The van der Waals surface area contributed by atoms with Crippen molar-refractivity contribution >= 4 is 0 Å². The molecule has 89 valence electrons. The molecule has 0 atom stereocenters. The monoisotopic (exact) mass is 217 g/mol. The van der Waals surface area contributed by atoms with E-state index in [-0.39, 0.29) is 0 Å². The van der Waals surface area contributed by atoms with Crippen molar-refractivity contribution in [2.45, 2.75) is 59.8 Å². The zero-order chi connectivity index (χ0) is 12.0. The molecule has 1 rings (SSSR count). The molecule has 1 aromatic rings. The van der Waals surface area contributed by atoms with Crippen LogP contribution in [0.4, 0.5) is 0 Å².